The lowest BCUT2D eigenvalue weighted by atomic mass is 10.0. The summed E-state index contributed by atoms with van der Waals surface area (Å²) in [4.78, 5) is 40.3. The number of carbonyl (C=O) groups excluding carboxylic acids is 1. The molecule has 0 spiro atoms. The normalized spacial score (nSPS) is 17.8. The van der Waals surface area contributed by atoms with Crippen LogP contribution in [-0.2, 0) is 42.4 Å². The van der Waals surface area contributed by atoms with Crippen molar-refractivity contribution in [3.05, 3.63) is 142 Å². The fraction of sp³-hybridized carbons (Fsp3) is 0.314. The van der Waals surface area contributed by atoms with E-state index in [9.17, 15) is 30.4 Å². The number of halogens is 5. The first-order chi connectivity index (χ1) is 35.5. The Labute approximate surface area is 447 Å². The number of hydrogen-bond acceptors (Lipinski definition) is 14. The summed E-state index contributed by atoms with van der Waals surface area (Å²) in [6.07, 6.45) is 10.2. The Morgan fingerprint density at radius 2 is 1.23 bits per heavy atom. The second-order valence-electron chi connectivity index (χ2n) is 18.6. The number of likely N-dealkylation sites (tertiary alicyclic amines) is 1. The van der Waals surface area contributed by atoms with Gasteiger partial charge >= 0.3 is 6.09 Å². The predicted molar refractivity (Wildman–Crippen MR) is 280 cm³/mol. The standard InChI is InChI=1S/C28H27ClFN5O5S.C23H21ClFN5O2S.ClH/c1-17-2-4-21(5-3-17)41(37,38)35-15-23(22-11-19(29)12-32-27(22)35)26-31-13-24(30)25(33-26)10-18-6-8-34(14-18)28(36)40-20-7-9-39-16-20;1-14-2-4-17(5-3-14)33(31,32)30-13-19(18-9-16(24)11-28-23(18)30)22-27-12-20(25)21(29-22)8-15-6-7-26-10-15;/h2-5,11-13,15,18,20H,6-10,14,16H2,1H3;2-5,9,11-13,15,26H,6-8,10H2,1H3;1H/t18-,20-;15-;/m00./s1. The molecule has 1 N–H and O–H groups in total. The van der Waals surface area contributed by atoms with Crippen molar-refractivity contribution in [2.75, 3.05) is 39.4 Å². The lowest BCUT2D eigenvalue weighted by Crippen LogP contribution is -2.33. The number of aromatic nitrogens is 8. The van der Waals surface area contributed by atoms with Gasteiger partial charge in [0, 0.05) is 66.2 Å². The zero-order chi connectivity index (χ0) is 51.9. The van der Waals surface area contributed by atoms with Crippen LogP contribution < -0.4 is 5.32 Å². The third-order valence-corrected chi connectivity index (χ3v) is 17.0. The van der Waals surface area contributed by atoms with Crippen molar-refractivity contribution in [3.63, 3.8) is 0 Å². The highest BCUT2D eigenvalue weighted by atomic mass is 35.5. The number of ether oxygens (including phenoxy) is 2. The van der Waals surface area contributed by atoms with Crippen LogP contribution in [0.4, 0.5) is 13.6 Å². The van der Waals surface area contributed by atoms with E-state index in [1.807, 2.05) is 13.8 Å². The highest BCUT2D eigenvalue weighted by Gasteiger charge is 2.32. The van der Waals surface area contributed by atoms with E-state index in [0.29, 0.717) is 89.1 Å². The largest absolute Gasteiger partial charge is 0.444 e. The van der Waals surface area contributed by atoms with E-state index < -0.39 is 31.7 Å². The molecule has 17 nitrogen and oxygen atoms in total. The van der Waals surface area contributed by atoms with Gasteiger partial charge < -0.3 is 19.7 Å². The van der Waals surface area contributed by atoms with E-state index in [-0.39, 0.29) is 75.4 Å². The van der Waals surface area contributed by atoms with E-state index >= 15 is 0 Å². The molecular weight excluding hydrogens is 1070 g/mol. The molecule has 6 aromatic heterocycles. The van der Waals surface area contributed by atoms with Crippen molar-refractivity contribution in [2.24, 2.45) is 11.8 Å². The molecule has 3 aliphatic rings. The molecule has 75 heavy (non-hydrogen) atoms. The molecule has 3 atom stereocenters. The maximum atomic E-state index is 14.9. The molecule has 392 valence electrons. The number of pyridine rings is 2. The predicted octanol–water partition coefficient (Wildman–Crippen LogP) is 9.03. The minimum atomic E-state index is -4.02. The van der Waals surface area contributed by atoms with Gasteiger partial charge in [0.1, 0.15) is 6.10 Å². The Kier molecular flexibility index (Phi) is 15.9. The van der Waals surface area contributed by atoms with Gasteiger partial charge in [-0.25, -0.2) is 68.3 Å². The van der Waals surface area contributed by atoms with Crippen molar-refractivity contribution in [2.45, 2.75) is 61.8 Å². The molecule has 2 aromatic carbocycles. The van der Waals surface area contributed by atoms with Gasteiger partial charge in [-0.05, 0) is 101 Å². The van der Waals surface area contributed by atoms with Crippen LogP contribution in [0.15, 0.2) is 108 Å². The number of nitrogens with one attached hydrogen (secondary N) is 1. The Balaban J connectivity index is 0.000000185. The van der Waals surface area contributed by atoms with Gasteiger partial charge in [-0.15, -0.1) is 12.4 Å². The molecule has 0 unspecified atom stereocenters. The number of nitrogens with zero attached hydrogens (tertiary/aromatic N) is 9. The zero-order valence-corrected chi connectivity index (χ0v) is 44.3. The van der Waals surface area contributed by atoms with E-state index in [0.717, 1.165) is 51.0 Å². The van der Waals surface area contributed by atoms with E-state index in [2.05, 4.69) is 35.2 Å². The Bertz CT molecular complexity index is 3650. The lowest BCUT2D eigenvalue weighted by Gasteiger charge is -2.19. The summed E-state index contributed by atoms with van der Waals surface area (Å²) in [5, 5.41) is 4.79. The summed E-state index contributed by atoms with van der Waals surface area (Å²) >= 11 is 12.4. The Morgan fingerprint density at radius 1 is 0.720 bits per heavy atom. The molecule has 3 aliphatic heterocycles. The van der Waals surface area contributed by atoms with E-state index in [4.69, 9.17) is 32.7 Å². The molecule has 3 saturated heterocycles. The quantitative estimate of drug-likeness (QED) is 0.128. The molecule has 8 aromatic rings. The third-order valence-electron chi connectivity index (χ3n) is 13.3. The summed E-state index contributed by atoms with van der Waals surface area (Å²) in [6.45, 7) is 7.37. The molecule has 9 heterocycles. The van der Waals surface area contributed by atoms with Crippen molar-refractivity contribution in [3.8, 4) is 22.8 Å². The van der Waals surface area contributed by atoms with Crippen molar-refractivity contribution < 1.29 is 39.9 Å². The van der Waals surface area contributed by atoms with Crippen LogP contribution >= 0.6 is 35.6 Å². The average Bonchev–Trinajstić information content (AvgIpc) is 4.27. The second-order valence-corrected chi connectivity index (χ2v) is 23.1. The van der Waals surface area contributed by atoms with Gasteiger partial charge in [0.25, 0.3) is 20.0 Å². The topological polar surface area (TPSA) is 206 Å². The van der Waals surface area contributed by atoms with Crippen LogP contribution in [0, 0.1) is 37.3 Å². The summed E-state index contributed by atoms with van der Waals surface area (Å²) in [6, 6.07) is 16.3. The fourth-order valence-corrected chi connectivity index (χ4v) is 12.2. The average molecular weight is 1120 g/mol. The molecule has 0 radical (unpaired) electrons. The third kappa shape index (κ3) is 11.4. The Hall–Kier alpha value is -6.20. The highest BCUT2D eigenvalue weighted by molar-refractivity contribution is 7.90. The molecule has 1 amide bonds. The maximum absolute atomic E-state index is 14.9. The number of aryl methyl sites for hydroxylation is 2. The monoisotopic (exact) mass is 1120 g/mol. The molecule has 0 aliphatic carbocycles. The molecular formula is C51H49Cl3F2N10O7S2. The van der Waals surface area contributed by atoms with E-state index in [1.54, 1.807) is 53.4 Å². The van der Waals surface area contributed by atoms with E-state index in [1.165, 1.54) is 36.9 Å². The van der Waals surface area contributed by atoms with Crippen LogP contribution in [0.2, 0.25) is 10.0 Å². The molecule has 3 fully saturated rings. The van der Waals surface area contributed by atoms with Crippen molar-refractivity contribution >= 4 is 83.8 Å². The van der Waals surface area contributed by atoms with Gasteiger partial charge in [0.05, 0.1) is 56.8 Å². The summed E-state index contributed by atoms with van der Waals surface area (Å²) in [5.74, 6) is -0.420. The van der Waals surface area contributed by atoms with Crippen LogP contribution in [0.3, 0.4) is 0 Å². The SMILES string of the molecule is Cc1ccc(S(=O)(=O)n2cc(-c3ncc(F)c(C[C@@H]4CCN(C(=O)O[C@H]5CCOC5)C4)n3)c3cc(Cl)cnc32)cc1.Cc1ccc(S(=O)(=O)n2cc(-c3ncc(F)c(C[C@@H]4CCNC4)n3)c3cc(Cl)cnc32)cc1.Cl. The number of rotatable bonds is 11. The molecule has 0 bridgehead atoms. The number of carbonyl (C=O) groups is 1. The Morgan fingerprint density at radius 3 is 1.69 bits per heavy atom. The van der Waals surface area contributed by atoms with Crippen LogP contribution in [0.5, 0.6) is 0 Å². The van der Waals surface area contributed by atoms with Crippen molar-refractivity contribution in [1.29, 1.82) is 0 Å². The van der Waals surface area contributed by atoms with Gasteiger partial charge in [0.2, 0.25) is 0 Å². The second kappa shape index (κ2) is 22.2. The van der Waals surface area contributed by atoms with Gasteiger partial charge in [-0.3, -0.25) is 0 Å². The lowest BCUT2D eigenvalue weighted by molar-refractivity contribution is 0.0589. The summed E-state index contributed by atoms with van der Waals surface area (Å²) < 4.78 is 96.3. The van der Waals surface area contributed by atoms with Crippen LogP contribution in [-0.4, -0.2) is 111 Å². The molecule has 11 rings (SSSR count). The van der Waals surface area contributed by atoms with Gasteiger partial charge in [0.15, 0.2) is 34.6 Å². The first-order valence-electron chi connectivity index (χ1n) is 23.8. The number of amides is 1. The number of benzene rings is 2. The summed E-state index contributed by atoms with van der Waals surface area (Å²) in [5.41, 5.74) is 3.47. The first kappa shape index (κ1) is 53.6. The zero-order valence-electron chi connectivity index (χ0n) is 40.4. The minimum Gasteiger partial charge on any atom is -0.444 e. The minimum absolute atomic E-state index is 0. The number of fused-ring (bicyclic) bond motifs is 2. The maximum Gasteiger partial charge on any atom is 0.410 e. The molecule has 24 heteroatoms. The highest BCUT2D eigenvalue weighted by Crippen LogP contribution is 2.35. The smallest absolute Gasteiger partial charge is 0.410 e. The summed E-state index contributed by atoms with van der Waals surface area (Å²) in [7, 11) is -7.96. The van der Waals surface area contributed by atoms with Crippen LogP contribution in [0.1, 0.15) is 41.8 Å². The van der Waals surface area contributed by atoms with Crippen molar-refractivity contribution in [1.82, 2.24) is 48.1 Å². The van der Waals surface area contributed by atoms with Gasteiger partial charge in [-0.2, -0.15) is 0 Å². The van der Waals surface area contributed by atoms with Gasteiger partial charge in [-0.1, -0.05) is 58.6 Å². The fourth-order valence-electron chi connectivity index (χ4n) is 9.25. The molecule has 0 saturated carbocycles. The first-order valence-corrected chi connectivity index (χ1v) is 27.4. The van der Waals surface area contributed by atoms with Crippen LogP contribution in [0.25, 0.3) is 44.8 Å². The number of hydrogen-bond donors (Lipinski definition) is 1.